The van der Waals surface area contributed by atoms with Gasteiger partial charge in [0.1, 0.15) is 0 Å². The lowest BCUT2D eigenvalue weighted by atomic mass is 10.00. The van der Waals surface area contributed by atoms with Crippen LogP contribution in [0.25, 0.3) is 6.08 Å². The summed E-state index contributed by atoms with van der Waals surface area (Å²) in [4.78, 5) is 14.4. The van der Waals surface area contributed by atoms with E-state index >= 15 is 0 Å². The monoisotopic (exact) mass is 366 g/mol. The highest BCUT2D eigenvalue weighted by Gasteiger charge is 2.15. The average molecular weight is 366 g/mol. The number of amides is 1. The summed E-state index contributed by atoms with van der Waals surface area (Å²) in [5.74, 6) is 1.22. The zero-order valence-corrected chi connectivity index (χ0v) is 15.9. The molecule has 0 saturated carbocycles. The van der Waals surface area contributed by atoms with E-state index in [1.807, 2.05) is 18.2 Å². The van der Waals surface area contributed by atoms with Crippen LogP contribution in [0.5, 0.6) is 11.5 Å². The molecule has 0 atom stereocenters. The largest absolute Gasteiger partial charge is 0.493 e. The normalized spacial score (nSPS) is 14.0. The molecule has 1 aliphatic rings. The van der Waals surface area contributed by atoms with Crippen LogP contribution in [0.2, 0.25) is 0 Å². The Bertz CT molecular complexity index is 817. The highest BCUT2D eigenvalue weighted by atomic mass is 16.5. The van der Waals surface area contributed by atoms with Crippen molar-refractivity contribution in [3.05, 3.63) is 65.2 Å². The molecule has 0 saturated heterocycles. The fraction of sp³-hybridized carbons (Fsp3) is 0.318. The van der Waals surface area contributed by atoms with Crippen LogP contribution in [-0.4, -0.2) is 44.7 Å². The first-order valence-corrected chi connectivity index (χ1v) is 9.16. The lowest BCUT2D eigenvalue weighted by Gasteiger charge is -2.28. The Morgan fingerprint density at radius 1 is 1.11 bits per heavy atom. The summed E-state index contributed by atoms with van der Waals surface area (Å²) < 4.78 is 10.5. The summed E-state index contributed by atoms with van der Waals surface area (Å²) >= 11 is 0. The molecule has 142 valence electrons. The van der Waals surface area contributed by atoms with Gasteiger partial charge in [-0.1, -0.05) is 30.3 Å². The molecule has 1 amide bonds. The smallest absolute Gasteiger partial charge is 0.244 e. The summed E-state index contributed by atoms with van der Waals surface area (Å²) in [5.41, 5.74) is 3.72. The predicted octanol–water partition coefficient (Wildman–Crippen LogP) is 2.89. The molecular formula is C22H26N2O3. The van der Waals surface area contributed by atoms with E-state index in [1.165, 1.54) is 11.1 Å². The van der Waals surface area contributed by atoms with Crippen molar-refractivity contribution in [1.82, 2.24) is 10.2 Å². The number of carbonyl (C=O) groups excluding carboxylic acids is 1. The van der Waals surface area contributed by atoms with Crippen molar-refractivity contribution < 1.29 is 14.3 Å². The van der Waals surface area contributed by atoms with Crippen molar-refractivity contribution in [2.75, 3.05) is 33.9 Å². The van der Waals surface area contributed by atoms with Crippen LogP contribution in [0, 0.1) is 0 Å². The van der Waals surface area contributed by atoms with Gasteiger partial charge in [-0.2, -0.15) is 0 Å². The van der Waals surface area contributed by atoms with E-state index in [0.29, 0.717) is 18.0 Å². The molecule has 1 N–H and O–H groups in total. The second-order valence-corrected chi connectivity index (χ2v) is 6.53. The van der Waals surface area contributed by atoms with Gasteiger partial charge in [-0.15, -0.1) is 0 Å². The van der Waals surface area contributed by atoms with Crippen LogP contribution >= 0.6 is 0 Å². The second-order valence-electron chi connectivity index (χ2n) is 6.53. The van der Waals surface area contributed by atoms with Gasteiger partial charge in [-0.05, 0) is 41.3 Å². The van der Waals surface area contributed by atoms with Gasteiger partial charge in [0.05, 0.1) is 14.2 Å². The van der Waals surface area contributed by atoms with Gasteiger partial charge in [0, 0.05) is 32.3 Å². The SMILES string of the molecule is COc1ccc(/C=C/C(=O)NCCN2CCc3ccccc3C2)cc1OC. The van der Waals surface area contributed by atoms with Gasteiger partial charge in [-0.3, -0.25) is 9.69 Å². The Morgan fingerprint density at radius 2 is 1.89 bits per heavy atom. The van der Waals surface area contributed by atoms with E-state index in [-0.39, 0.29) is 5.91 Å². The molecule has 0 unspecified atom stereocenters. The van der Waals surface area contributed by atoms with Crippen LogP contribution in [-0.2, 0) is 17.8 Å². The lowest BCUT2D eigenvalue weighted by molar-refractivity contribution is -0.116. The van der Waals surface area contributed by atoms with Crippen LogP contribution in [0.4, 0.5) is 0 Å². The Labute approximate surface area is 160 Å². The number of hydrogen-bond donors (Lipinski definition) is 1. The maximum absolute atomic E-state index is 12.1. The molecule has 3 rings (SSSR count). The van der Waals surface area contributed by atoms with E-state index in [0.717, 1.165) is 31.6 Å². The number of hydrogen-bond acceptors (Lipinski definition) is 4. The third-order valence-electron chi connectivity index (χ3n) is 4.77. The van der Waals surface area contributed by atoms with E-state index < -0.39 is 0 Å². The number of rotatable bonds is 7. The minimum Gasteiger partial charge on any atom is -0.493 e. The number of benzene rings is 2. The number of ether oxygens (including phenoxy) is 2. The zero-order chi connectivity index (χ0) is 19.1. The Kier molecular flexibility index (Phi) is 6.49. The lowest BCUT2D eigenvalue weighted by Crippen LogP contribution is -2.37. The quantitative estimate of drug-likeness (QED) is 0.766. The van der Waals surface area contributed by atoms with Crippen molar-refractivity contribution in [2.24, 2.45) is 0 Å². The summed E-state index contributed by atoms with van der Waals surface area (Å²) in [6.45, 7) is 3.48. The third-order valence-corrected chi connectivity index (χ3v) is 4.77. The Morgan fingerprint density at radius 3 is 2.67 bits per heavy atom. The summed E-state index contributed by atoms with van der Waals surface area (Å²) in [6, 6.07) is 14.1. The van der Waals surface area contributed by atoms with Crippen molar-refractivity contribution in [2.45, 2.75) is 13.0 Å². The molecule has 1 aliphatic heterocycles. The summed E-state index contributed by atoms with van der Waals surface area (Å²) in [6.07, 6.45) is 4.39. The predicted molar refractivity (Wildman–Crippen MR) is 107 cm³/mol. The number of nitrogens with zero attached hydrogens (tertiary/aromatic N) is 1. The minimum absolute atomic E-state index is 0.0952. The van der Waals surface area contributed by atoms with Crippen molar-refractivity contribution in [3.63, 3.8) is 0 Å². The zero-order valence-electron chi connectivity index (χ0n) is 15.9. The van der Waals surface area contributed by atoms with Gasteiger partial charge in [0.15, 0.2) is 11.5 Å². The molecular weight excluding hydrogens is 340 g/mol. The molecule has 1 heterocycles. The number of methoxy groups -OCH3 is 2. The van der Waals surface area contributed by atoms with E-state index in [1.54, 1.807) is 26.4 Å². The van der Waals surface area contributed by atoms with Gasteiger partial charge in [0.2, 0.25) is 5.91 Å². The molecule has 5 heteroatoms. The highest BCUT2D eigenvalue weighted by molar-refractivity contribution is 5.91. The van der Waals surface area contributed by atoms with Crippen LogP contribution in [0.3, 0.4) is 0 Å². The molecule has 0 fully saturated rings. The molecule has 27 heavy (non-hydrogen) atoms. The fourth-order valence-electron chi connectivity index (χ4n) is 3.27. The van der Waals surface area contributed by atoms with Gasteiger partial charge < -0.3 is 14.8 Å². The molecule has 2 aromatic carbocycles. The van der Waals surface area contributed by atoms with E-state index in [4.69, 9.17) is 9.47 Å². The molecule has 5 nitrogen and oxygen atoms in total. The van der Waals surface area contributed by atoms with Gasteiger partial charge in [0.25, 0.3) is 0 Å². The first-order valence-electron chi connectivity index (χ1n) is 9.16. The Balaban J connectivity index is 1.45. The van der Waals surface area contributed by atoms with Gasteiger partial charge >= 0.3 is 0 Å². The van der Waals surface area contributed by atoms with Crippen LogP contribution < -0.4 is 14.8 Å². The fourth-order valence-corrected chi connectivity index (χ4v) is 3.27. The molecule has 0 spiro atoms. The van der Waals surface area contributed by atoms with Crippen LogP contribution in [0.1, 0.15) is 16.7 Å². The first kappa shape index (κ1) is 19.0. The van der Waals surface area contributed by atoms with Gasteiger partial charge in [-0.25, -0.2) is 0 Å². The summed E-state index contributed by atoms with van der Waals surface area (Å²) in [7, 11) is 3.19. The van der Waals surface area contributed by atoms with Crippen molar-refractivity contribution >= 4 is 12.0 Å². The molecule has 0 bridgehead atoms. The van der Waals surface area contributed by atoms with Crippen molar-refractivity contribution in [1.29, 1.82) is 0 Å². The average Bonchev–Trinajstić information content (AvgIpc) is 2.72. The molecule has 0 aliphatic carbocycles. The number of carbonyl (C=O) groups is 1. The summed E-state index contributed by atoms with van der Waals surface area (Å²) in [5, 5.41) is 2.95. The molecule has 0 aromatic heterocycles. The number of nitrogens with one attached hydrogen (secondary N) is 1. The Hall–Kier alpha value is -2.79. The molecule has 2 aromatic rings. The van der Waals surface area contributed by atoms with E-state index in [2.05, 4.69) is 34.5 Å². The van der Waals surface area contributed by atoms with E-state index in [9.17, 15) is 4.79 Å². The van der Waals surface area contributed by atoms with Crippen molar-refractivity contribution in [3.8, 4) is 11.5 Å². The topological polar surface area (TPSA) is 50.8 Å². The maximum atomic E-state index is 12.1. The maximum Gasteiger partial charge on any atom is 0.244 e. The van der Waals surface area contributed by atoms with Crippen LogP contribution in [0.15, 0.2) is 48.5 Å². The minimum atomic E-state index is -0.0952. The highest BCUT2D eigenvalue weighted by Crippen LogP contribution is 2.27. The molecule has 0 radical (unpaired) electrons. The number of fused-ring (bicyclic) bond motifs is 1. The third kappa shape index (κ3) is 5.11. The first-order chi connectivity index (χ1) is 13.2. The standard InChI is InChI=1S/C22H26N2O3/c1-26-20-9-7-17(15-21(20)27-2)8-10-22(25)23-12-14-24-13-11-18-5-3-4-6-19(18)16-24/h3-10,15H,11-14,16H2,1-2H3,(H,23,25)/b10-8+. The second kappa shape index (κ2) is 9.24.